The Kier molecular flexibility index (Phi) is 14.4. The molecule has 0 radical (unpaired) electrons. The highest BCUT2D eigenvalue weighted by Gasteiger charge is 2.32. The Bertz CT molecular complexity index is 381. The molecule has 6 N–H and O–H groups in total. The predicted octanol–water partition coefficient (Wildman–Crippen LogP) is -0.363. The van der Waals surface area contributed by atoms with Gasteiger partial charge in [0.1, 0.15) is 30.6 Å². The lowest BCUT2D eigenvalue weighted by Gasteiger charge is -2.26. The van der Waals surface area contributed by atoms with Crippen molar-refractivity contribution in [3.8, 4) is 0 Å². The zero-order chi connectivity index (χ0) is 19.9. The van der Waals surface area contributed by atoms with Gasteiger partial charge in [-0.2, -0.15) is 0 Å². The van der Waals surface area contributed by atoms with Crippen molar-refractivity contribution in [3.63, 3.8) is 0 Å². The van der Waals surface area contributed by atoms with Gasteiger partial charge >= 0.3 is 0 Å². The van der Waals surface area contributed by atoms with Gasteiger partial charge in [-0.15, -0.1) is 0 Å². The molecule has 0 aliphatic carbocycles. The van der Waals surface area contributed by atoms with E-state index in [1.54, 1.807) is 0 Å². The summed E-state index contributed by atoms with van der Waals surface area (Å²) in [6.07, 6.45) is 2.18. The van der Waals surface area contributed by atoms with Crippen LogP contribution in [0.5, 0.6) is 0 Å². The van der Waals surface area contributed by atoms with Gasteiger partial charge in [0.15, 0.2) is 0 Å². The van der Waals surface area contributed by atoms with Gasteiger partial charge in [0.25, 0.3) is 0 Å². The molecule has 0 aliphatic rings. The zero-order valence-corrected chi connectivity index (χ0v) is 15.6. The van der Waals surface area contributed by atoms with E-state index in [1.165, 1.54) is 25.7 Å². The number of aliphatic hydroxyl groups excluding tert-OH is 5. The standard InChI is InChI=1S/C18H35NO7/c1-2-3-4-5-6-7-8-9-13(22)10-16(24)19-14(11-20)17(25)18(26)15(23)12-21/h11,13-15,17-18,21-23,25-26H,2-10,12H2,1H3,(H,19,24). The number of hydrogen-bond acceptors (Lipinski definition) is 7. The summed E-state index contributed by atoms with van der Waals surface area (Å²) in [5.41, 5.74) is 0. The van der Waals surface area contributed by atoms with Crippen LogP contribution in [0.3, 0.4) is 0 Å². The lowest BCUT2D eigenvalue weighted by atomic mass is 10.0. The molecule has 26 heavy (non-hydrogen) atoms. The fourth-order valence-electron chi connectivity index (χ4n) is 2.65. The van der Waals surface area contributed by atoms with Crippen LogP contribution in [0, 0.1) is 0 Å². The second-order valence-electron chi connectivity index (χ2n) is 6.73. The van der Waals surface area contributed by atoms with Crippen LogP contribution >= 0.6 is 0 Å². The first kappa shape index (κ1) is 24.9. The molecule has 8 heteroatoms. The third-order valence-electron chi connectivity index (χ3n) is 4.34. The van der Waals surface area contributed by atoms with E-state index in [0.29, 0.717) is 6.42 Å². The van der Waals surface area contributed by atoms with E-state index in [9.17, 15) is 30.0 Å². The van der Waals surface area contributed by atoms with Crippen molar-refractivity contribution in [2.45, 2.75) is 95.2 Å². The largest absolute Gasteiger partial charge is 0.394 e. The lowest BCUT2D eigenvalue weighted by molar-refractivity contribution is -0.132. The van der Waals surface area contributed by atoms with Gasteiger partial charge in [-0.1, -0.05) is 51.9 Å². The highest BCUT2D eigenvalue weighted by molar-refractivity contribution is 5.80. The summed E-state index contributed by atoms with van der Waals surface area (Å²) in [5.74, 6) is -0.637. The molecule has 0 aromatic heterocycles. The van der Waals surface area contributed by atoms with Crippen molar-refractivity contribution in [2.24, 2.45) is 0 Å². The molecule has 5 unspecified atom stereocenters. The Labute approximate surface area is 155 Å². The minimum atomic E-state index is -1.78. The molecule has 0 aliphatic heterocycles. The minimum Gasteiger partial charge on any atom is -0.394 e. The first-order chi connectivity index (χ1) is 12.4. The molecule has 0 aromatic rings. The van der Waals surface area contributed by atoms with Crippen molar-refractivity contribution in [2.75, 3.05) is 6.61 Å². The van der Waals surface area contributed by atoms with Gasteiger partial charge in [0.2, 0.25) is 5.91 Å². The highest BCUT2D eigenvalue weighted by atomic mass is 16.4. The molecular weight excluding hydrogens is 342 g/mol. The van der Waals surface area contributed by atoms with Crippen LogP contribution in [0.15, 0.2) is 0 Å². The fourth-order valence-corrected chi connectivity index (χ4v) is 2.65. The van der Waals surface area contributed by atoms with Crippen LogP contribution in [0.1, 0.15) is 64.7 Å². The highest BCUT2D eigenvalue weighted by Crippen LogP contribution is 2.11. The van der Waals surface area contributed by atoms with E-state index in [-0.39, 0.29) is 12.7 Å². The Balaban J connectivity index is 4.10. The molecule has 0 rings (SSSR count). The van der Waals surface area contributed by atoms with Crippen molar-refractivity contribution < 1.29 is 35.1 Å². The molecule has 0 saturated carbocycles. The number of nitrogens with one attached hydrogen (secondary N) is 1. The molecule has 0 fully saturated rings. The Morgan fingerprint density at radius 3 is 2.08 bits per heavy atom. The third kappa shape index (κ3) is 10.8. The van der Waals surface area contributed by atoms with Crippen LogP contribution in [-0.4, -0.2) is 74.8 Å². The number of unbranched alkanes of at least 4 members (excludes halogenated alkanes) is 6. The number of amides is 1. The number of carbonyl (C=O) groups is 2. The normalized spacial score (nSPS) is 17.2. The van der Waals surface area contributed by atoms with E-state index in [0.717, 1.165) is 19.3 Å². The van der Waals surface area contributed by atoms with Crippen LogP contribution in [0.2, 0.25) is 0 Å². The Morgan fingerprint density at radius 1 is 0.962 bits per heavy atom. The summed E-state index contributed by atoms with van der Waals surface area (Å²) in [7, 11) is 0. The van der Waals surface area contributed by atoms with Gasteiger partial charge in [-0.25, -0.2) is 0 Å². The van der Waals surface area contributed by atoms with Crippen molar-refractivity contribution in [3.05, 3.63) is 0 Å². The topological polar surface area (TPSA) is 147 Å². The summed E-state index contributed by atoms with van der Waals surface area (Å²) in [4.78, 5) is 22.9. The molecule has 5 atom stereocenters. The molecule has 0 bridgehead atoms. The molecule has 1 amide bonds. The fraction of sp³-hybridized carbons (Fsp3) is 0.889. The van der Waals surface area contributed by atoms with Gasteiger partial charge in [0.05, 0.1) is 19.1 Å². The summed E-state index contributed by atoms with van der Waals surface area (Å²) in [5, 5.41) is 49.5. The summed E-state index contributed by atoms with van der Waals surface area (Å²) in [6, 6.07) is -1.44. The maximum Gasteiger partial charge on any atom is 0.223 e. The van der Waals surface area contributed by atoms with Crippen LogP contribution in [0.4, 0.5) is 0 Å². The van der Waals surface area contributed by atoms with Gasteiger partial charge in [-0.3, -0.25) is 4.79 Å². The smallest absolute Gasteiger partial charge is 0.223 e. The number of rotatable bonds is 16. The molecule has 0 aromatic carbocycles. The number of aldehydes is 1. The molecular formula is C18H35NO7. The van der Waals surface area contributed by atoms with Crippen LogP contribution in [-0.2, 0) is 9.59 Å². The summed E-state index contributed by atoms with van der Waals surface area (Å²) < 4.78 is 0. The Hall–Kier alpha value is -1.06. The number of carbonyl (C=O) groups excluding carboxylic acids is 2. The quantitative estimate of drug-likeness (QED) is 0.159. The third-order valence-corrected chi connectivity index (χ3v) is 4.34. The first-order valence-corrected chi connectivity index (χ1v) is 9.45. The average molecular weight is 377 g/mol. The first-order valence-electron chi connectivity index (χ1n) is 9.45. The Morgan fingerprint density at radius 2 is 1.54 bits per heavy atom. The van der Waals surface area contributed by atoms with Crippen LogP contribution in [0.25, 0.3) is 0 Å². The van der Waals surface area contributed by atoms with E-state index in [2.05, 4.69) is 12.2 Å². The summed E-state index contributed by atoms with van der Waals surface area (Å²) in [6.45, 7) is 1.36. The minimum absolute atomic E-state index is 0.217. The maximum absolute atomic E-state index is 11.9. The van der Waals surface area contributed by atoms with Crippen molar-refractivity contribution in [1.29, 1.82) is 0 Å². The number of aliphatic hydroxyl groups is 5. The second-order valence-corrected chi connectivity index (χ2v) is 6.73. The van der Waals surface area contributed by atoms with Gasteiger partial charge in [0, 0.05) is 0 Å². The SMILES string of the molecule is CCCCCCCCCC(O)CC(=O)NC(C=O)C(O)C(O)C(O)CO. The maximum atomic E-state index is 11.9. The van der Waals surface area contributed by atoms with Gasteiger partial charge in [-0.05, 0) is 6.42 Å². The van der Waals surface area contributed by atoms with E-state index in [1.807, 2.05) is 0 Å². The van der Waals surface area contributed by atoms with E-state index >= 15 is 0 Å². The second kappa shape index (κ2) is 15.0. The van der Waals surface area contributed by atoms with E-state index < -0.39 is 43.0 Å². The zero-order valence-electron chi connectivity index (χ0n) is 15.6. The van der Waals surface area contributed by atoms with Crippen molar-refractivity contribution >= 4 is 12.2 Å². The molecule has 0 heterocycles. The molecule has 8 nitrogen and oxygen atoms in total. The lowest BCUT2D eigenvalue weighted by Crippen LogP contribution is -2.53. The van der Waals surface area contributed by atoms with Crippen LogP contribution < -0.4 is 5.32 Å². The monoisotopic (exact) mass is 377 g/mol. The van der Waals surface area contributed by atoms with E-state index in [4.69, 9.17) is 5.11 Å². The summed E-state index contributed by atoms with van der Waals surface area (Å²) >= 11 is 0. The predicted molar refractivity (Wildman–Crippen MR) is 96.3 cm³/mol. The number of hydrogen-bond donors (Lipinski definition) is 6. The molecule has 0 saturated heterocycles. The molecule has 154 valence electrons. The average Bonchev–Trinajstić information content (AvgIpc) is 2.63. The van der Waals surface area contributed by atoms with Gasteiger partial charge < -0.3 is 35.6 Å². The molecule has 0 spiro atoms. The van der Waals surface area contributed by atoms with Crippen molar-refractivity contribution in [1.82, 2.24) is 5.32 Å².